The number of halogens is 1. The van der Waals surface area contributed by atoms with Gasteiger partial charge in [-0.25, -0.2) is 0 Å². The molecule has 0 unspecified atom stereocenters. The van der Waals surface area contributed by atoms with Crippen LogP contribution in [-0.4, -0.2) is 22.2 Å². The fourth-order valence-electron chi connectivity index (χ4n) is 0.834. The molecule has 0 aliphatic rings. The van der Waals surface area contributed by atoms with E-state index < -0.39 is 0 Å². The predicted molar refractivity (Wildman–Crippen MR) is 50.3 cm³/mol. The van der Waals surface area contributed by atoms with E-state index in [2.05, 4.69) is 10.4 Å². The number of aromatic nitrogens is 2. The Morgan fingerprint density at radius 2 is 2.57 bits per heavy atom. The third-order valence-corrected chi connectivity index (χ3v) is 1.70. The molecule has 6 nitrogen and oxygen atoms in total. The first-order valence-corrected chi connectivity index (χ1v) is 4.13. The van der Waals surface area contributed by atoms with E-state index >= 15 is 0 Å². The number of hydrogen-bond donors (Lipinski definition) is 2. The van der Waals surface area contributed by atoms with Crippen LogP contribution in [-0.2, 0) is 11.3 Å². The van der Waals surface area contributed by atoms with Crippen molar-refractivity contribution < 1.29 is 4.79 Å². The summed E-state index contributed by atoms with van der Waals surface area (Å²) < 4.78 is 1.31. The first-order chi connectivity index (χ1) is 6.63. The molecule has 0 aliphatic heterocycles. The molecule has 1 aromatic rings. The molecule has 1 heterocycles. The van der Waals surface area contributed by atoms with Gasteiger partial charge < -0.3 is 11.1 Å². The summed E-state index contributed by atoms with van der Waals surface area (Å²) in [6.07, 6.45) is 1.45. The molecule has 1 aromatic heterocycles. The summed E-state index contributed by atoms with van der Waals surface area (Å²) in [4.78, 5) is 11.1. The SMILES string of the molecule is N#CCNC(=O)Cn1cc(Cl)c(N)n1. The third kappa shape index (κ3) is 2.64. The van der Waals surface area contributed by atoms with Gasteiger partial charge in [-0.1, -0.05) is 11.6 Å². The first kappa shape index (κ1) is 10.3. The lowest BCUT2D eigenvalue weighted by molar-refractivity contribution is -0.121. The molecule has 0 fully saturated rings. The van der Waals surface area contributed by atoms with Crippen LogP contribution in [0.3, 0.4) is 0 Å². The maximum atomic E-state index is 11.1. The lowest BCUT2D eigenvalue weighted by Gasteiger charge is -1.99. The van der Waals surface area contributed by atoms with Gasteiger partial charge in [-0.05, 0) is 0 Å². The van der Waals surface area contributed by atoms with E-state index in [1.807, 2.05) is 0 Å². The van der Waals surface area contributed by atoms with E-state index in [9.17, 15) is 4.79 Å². The van der Waals surface area contributed by atoms with Crippen molar-refractivity contribution in [1.82, 2.24) is 15.1 Å². The minimum absolute atomic E-state index is 0.00139. The largest absolute Gasteiger partial charge is 0.381 e. The van der Waals surface area contributed by atoms with Gasteiger partial charge in [0.2, 0.25) is 5.91 Å². The van der Waals surface area contributed by atoms with E-state index in [1.165, 1.54) is 10.9 Å². The number of anilines is 1. The van der Waals surface area contributed by atoms with E-state index in [1.54, 1.807) is 6.07 Å². The average Bonchev–Trinajstić information content (AvgIpc) is 2.42. The van der Waals surface area contributed by atoms with Gasteiger partial charge in [0.05, 0.1) is 6.07 Å². The van der Waals surface area contributed by atoms with Crippen LogP contribution in [0.25, 0.3) is 0 Å². The molecule has 1 rings (SSSR count). The van der Waals surface area contributed by atoms with Crippen molar-refractivity contribution in [1.29, 1.82) is 5.26 Å². The second kappa shape index (κ2) is 4.48. The Morgan fingerprint density at radius 1 is 1.86 bits per heavy atom. The highest BCUT2D eigenvalue weighted by Gasteiger charge is 2.06. The smallest absolute Gasteiger partial charge is 0.242 e. The summed E-state index contributed by atoms with van der Waals surface area (Å²) in [6.45, 7) is -0.0259. The van der Waals surface area contributed by atoms with Crippen molar-refractivity contribution in [3.63, 3.8) is 0 Å². The normalized spacial score (nSPS) is 9.43. The number of carbonyl (C=O) groups excluding carboxylic acids is 1. The zero-order chi connectivity index (χ0) is 10.6. The Labute approximate surface area is 85.2 Å². The molecule has 1 amide bonds. The van der Waals surface area contributed by atoms with Crippen LogP contribution in [0.4, 0.5) is 5.82 Å². The maximum absolute atomic E-state index is 11.1. The van der Waals surface area contributed by atoms with Crippen LogP contribution in [0, 0.1) is 11.3 Å². The molecule has 0 aromatic carbocycles. The second-order valence-corrected chi connectivity index (χ2v) is 2.90. The van der Waals surface area contributed by atoms with E-state index in [0.717, 1.165) is 0 Å². The Bertz CT molecular complexity index is 360. The van der Waals surface area contributed by atoms with Gasteiger partial charge in [-0.15, -0.1) is 0 Å². The van der Waals surface area contributed by atoms with E-state index in [-0.39, 0.29) is 24.8 Å². The summed E-state index contributed by atoms with van der Waals surface area (Å²) in [5.41, 5.74) is 5.37. The number of nitrogens with one attached hydrogen (secondary N) is 1. The maximum Gasteiger partial charge on any atom is 0.242 e. The number of hydrogen-bond acceptors (Lipinski definition) is 4. The fourth-order valence-corrected chi connectivity index (χ4v) is 0.985. The van der Waals surface area contributed by atoms with E-state index in [0.29, 0.717) is 5.02 Å². The molecule has 0 radical (unpaired) electrons. The van der Waals surface area contributed by atoms with Gasteiger partial charge in [-0.3, -0.25) is 9.48 Å². The highest BCUT2D eigenvalue weighted by Crippen LogP contribution is 2.14. The van der Waals surface area contributed by atoms with Crippen LogP contribution in [0.5, 0.6) is 0 Å². The van der Waals surface area contributed by atoms with Crippen molar-refractivity contribution in [2.45, 2.75) is 6.54 Å². The summed E-state index contributed by atoms with van der Waals surface area (Å²) in [6, 6.07) is 1.79. The number of nitriles is 1. The number of carbonyl (C=O) groups is 1. The van der Waals surface area contributed by atoms with Gasteiger partial charge in [0.1, 0.15) is 18.1 Å². The summed E-state index contributed by atoms with van der Waals surface area (Å²) in [5.74, 6) is -0.134. The first-order valence-electron chi connectivity index (χ1n) is 3.75. The molecule has 0 aliphatic carbocycles. The molecule has 0 saturated carbocycles. The summed E-state index contributed by atoms with van der Waals surface area (Å²) in [7, 11) is 0. The lowest BCUT2D eigenvalue weighted by Crippen LogP contribution is -2.27. The zero-order valence-corrected chi connectivity index (χ0v) is 7.95. The zero-order valence-electron chi connectivity index (χ0n) is 7.20. The number of nitrogens with zero attached hydrogens (tertiary/aromatic N) is 3. The third-order valence-electron chi connectivity index (χ3n) is 1.41. The van der Waals surface area contributed by atoms with Crippen molar-refractivity contribution in [3.05, 3.63) is 11.2 Å². The summed E-state index contributed by atoms with van der Waals surface area (Å²) in [5, 5.41) is 14.6. The van der Waals surface area contributed by atoms with Crippen LogP contribution in [0.1, 0.15) is 0 Å². The standard InChI is InChI=1S/C7H8ClN5O/c8-5-3-13(12-7(5)10)4-6(14)11-2-1-9/h3H,2,4H2,(H2,10,12)(H,11,14). The fraction of sp³-hybridized carbons (Fsp3) is 0.286. The molecule has 7 heteroatoms. The van der Waals surface area contributed by atoms with Crippen molar-refractivity contribution in [3.8, 4) is 6.07 Å². The monoisotopic (exact) mass is 213 g/mol. The Kier molecular flexibility index (Phi) is 3.31. The number of rotatable bonds is 3. The molecular formula is C7H8ClN5O. The number of nitrogen functional groups attached to an aromatic ring is 1. The molecule has 14 heavy (non-hydrogen) atoms. The van der Waals surface area contributed by atoms with E-state index in [4.69, 9.17) is 22.6 Å². The molecule has 0 spiro atoms. The molecular weight excluding hydrogens is 206 g/mol. The molecule has 0 atom stereocenters. The topological polar surface area (TPSA) is 96.7 Å². The van der Waals surface area contributed by atoms with Crippen LogP contribution < -0.4 is 11.1 Å². The lowest BCUT2D eigenvalue weighted by atomic mass is 10.5. The summed E-state index contributed by atoms with van der Waals surface area (Å²) >= 11 is 5.62. The van der Waals surface area contributed by atoms with Gasteiger partial charge in [0.25, 0.3) is 0 Å². The van der Waals surface area contributed by atoms with Gasteiger partial charge >= 0.3 is 0 Å². The van der Waals surface area contributed by atoms with Crippen molar-refractivity contribution >= 4 is 23.3 Å². The van der Waals surface area contributed by atoms with Crippen molar-refractivity contribution in [2.24, 2.45) is 0 Å². The Morgan fingerprint density at radius 3 is 3.07 bits per heavy atom. The van der Waals surface area contributed by atoms with Crippen LogP contribution >= 0.6 is 11.6 Å². The highest BCUT2D eigenvalue weighted by molar-refractivity contribution is 6.32. The van der Waals surface area contributed by atoms with Gasteiger partial charge in [0, 0.05) is 6.20 Å². The average molecular weight is 214 g/mol. The molecule has 3 N–H and O–H groups in total. The van der Waals surface area contributed by atoms with Crippen LogP contribution in [0.2, 0.25) is 5.02 Å². The Balaban J connectivity index is 2.53. The quantitative estimate of drug-likeness (QED) is 0.677. The minimum atomic E-state index is -0.314. The number of nitrogens with two attached hydrogens (primary N) is 1. The van der Waals surface area contributed by atoms with Gasteiger partial charge in [-0.2, -0.15) is 10.4 Å². The second-order valence-electron chi connectivity index (χ2n) is 2.49. The molecule has 74 valence electrons. The Hall–Kier alpha value is -1.74. The van der Waals surface area contributed by atoms with Crippen molar-refractivity contribution in [2.75, 3.05) is 12.3 Å². The molecule has 0 bridgehead atoms. The van der Waals surface area contributed by atoms with Crippen LogP contribution in [0.15, 0.2) is 6.20 Å². The molecule has 0 saturated heterocycles. The predicted octanol–water partition coefficient (Wildman–Crippen LogP) is -0.242. The number of amides is 1. The van der Waals surface area contributed by atoms with Gasteiger partial charge in [0.15, 0.2) is 5.82 Å². The minimum Gasteiger partial charge on any atom is -0.381 e. The highest BCUT2D eigenvalue weighted by atomic mass is 35.5.